The summed E-state index contributed by atoms with van der Waals surface area (Å²) >= 11 is 0. The Labute approximate surface area is 117 Å². The molecule has 1 aromatic heterocycles. The van der Waals surface area contributed by atoms with E-state index in [0.717, 1.165) is 0 Å². The van der Waals surface area contributed by atoms with Gasteiger partial charge in [-0.3, -0.25) is 4.79 Å². The van der Waals surface area contributed by atoms with Gasteiger partial charge in [0.05, 0.1) is 6.04 Å². The summed E-state index contributed by atoms with van der Waals surface area (Å²) < 4.78 is 1.70. The summed E-state index contributed by atoms with van der Waals surface area (Å²) in [5.41, 5.74) is 0. The van der Waals surface area contributed by atoms with Gasteiger partial charge >= 0.3 is 12.0 Å². The maximum atomic E-state index is 12.2. The highest BCUT2D eigenvalue weighted by Crippen LogP contribution is 2.10. The van der Waals surface area contributed by atoms with Crippen LogP contribution in [0.4, 0.5) is 4.79 Å². The zero-order valence-electron chi connectivity index (χ0n) is 12.2. The molecule has 0 fully saturated rings. The number of aromatic nitrogens is 3. The van der Waals surface area contributed by atoms with E-state index in [-0.39, 0.29) is 18.6 Å². The van der Waals surface area contributed by atoms with Gasteiger partial charge in [0.1, 0.15) is 12.9 Å². The average Bonchev–Trinajstić information content (AvgIpc) is 2.81. The summed E-state index contributed by atoms with van der Waals surface area (Å²) in [6, 6.07) is -0.926. The zero-order chi connectivity index (χ0) is 15.3. The molecule has 20 heavy (non-hydrogen) atoms. The van der Waals surface area contributed by atoms with Crippen LogP contribution in [0.5, 0.6) is 0 Å². The Morgan fingerprint density at radius 2 is 2.15 bits per heavy atom. The Hall–Kier alpha value is -2.12. The van der Waals surface area contributed by atoms with E-state index in [1.165, 1.54) is 4.90 Å². The van der Waals surface area contributed by atoms with Crippen molar-refractivity contribution in [1.82, 2.24) is 25.0 Å². The summed E-state index contributed by atoms with van der Waals surface area (Å²) in [6.07, 6.45) is 2.22. The number of rotatable bonds is 6. The molecule has 0 aliphatic carbocycles. The molecule has 2 amide bonds. The van der Waals surface area contributed by atoms with Gasteiger partial charge in [-0.05, 0) is 20.3 Å². The first-order chi connectivity index (χ1) is 9.36. The molecule has 0 spiro atoms. The number of carboxylic acid groups (broad SMARTS) is 1. The van der Waals surface area contributed by atoms with Crippen LogP contribution in [0.15, 0.2) is 6.33 Å². The number of amides is 2. The number of aliphatic carboxylic acids is 1. The zero-order valence-corrected chi connectivity index (χ0v) is 12.2. The minimum Gasteiger partial charge on any atom is -0.480 e. The van der Waals surface area contributed by atoms with Crippen LogP contribution in [0.25, 0.3) is 0 Å². The minimum absolute atomic E-state index is 0.155. The van der Waals surface area contributed by atoms with E-state index in [9.17, 15) is 9.59 Å². The Balaban J connectivity index is 2.75. The number of carbonyl (C=O) groups is 2. The van der Waals surface area contributed by atoms with Crippen molar-refractivity contribution < 1.29 is 14.7 Å². The van der Waals surface area contributed by atoms with E-state index in [1.807, 2.05) is 13.8 Å². The maximum absolute atomic E-state index is 12.2. The number of hydrogen-bond acceptors (Lipinski definition) is 4. The quantitative estimate of drug-likeness (QED) is 0.803. The maximum Gasteiger partial charge on any atom is 0.323 e. The molecular formula is C12H21N5O3. The van der Waals surface area contributed by atoms with Crippen molar-refractivity contribution in [1.29, 1.82) is 0 Å². The number of urea groups is 1. The second-order valence-corrected chi connectivity index (χ2v) is 4.75. The van der Waals surface area contributed by atoms with Crippen LogP contribution in [0.2, 0.25) is 0 Å². The molecule has 2 unspecified atom stereocenters. The van der Waals surface area contributed by atoms with Crippen molar-refractivity contribution in [2.24, 2.45) is 7.05 Å². The predicted molar refractivity (Wildman–Crippen MR) is 72.0 cm³/mol. The highest BCUT2D eigenvalue weighted by atomic mass is 16.4. The van der Waals surface area contributed by atoms with Gasteiger partial charge in [-0.15, -0.1) is 10.2 Å². The van der Waals surface area contributed by atoms with Crippen molar-refractivity contribution in [2.45, 2.75) is 39.3 Å². The van der Waals surface area contributed by atoms with Crippen molar-refractivity contribution in [3.8, 4) is 0 Å². The third-order valence-corrected chi connectivity index (χ3v) is 3.16. The number of hydrogen-bond donors (Lipinski definition) is 2. The highest BCUT2D eigenvalue weighted by molar-refractivity contribution is 5.80. The molecule has 112 valence electrons. The van der Waals surface area contributed by atoms with Gasteiger partial charge < -0.3 is 19.9 Å². The smallest absolute Gasteiger partial charge is 0.323 e. The van der Waals surface area contributed by atoms with Gasteiger partial charge in [0.25, 0.3) is 0 Å². The van der Waals surface area contributed by atoms with E-state index >= 15 is 0 Å². The molecule has 0 aliphatic rings. The molecule has 0 radical (unpaired) electrons. The van der Waals surface area contributed by atoms with Gasteiger partial charge in [0.15, 0.2) is 5.82 Å². The molecule has 1 aromatic rings. The van der Waals surface area contributed by atoms with Crippen LogP contribution in [-0.2, 0) is 11.8 Å². The average molecular weight is 283 g/mol. The second kappa shape index (κ2) is 6.88. The lowest BCUT2D eigenvalue weighted by molar-refractivity contribution is -0.138. The molecule has 2 N–H and O–H groups in total. The van der Waals surface area contributed by atoms with Crippen molar-refractivity contribution in [2.75, 3.05) is 6.54 Å². The first kappa shape index (κ1) is 15.9. The van der Waals surface area contributed by atoms with Gasteiger partial charge in [0.2, 0.25) is 0 Å². The largest absolute Gasteiger partial charge is 0.480 e. The summed E-state index contributed by atoms with van der Waals surface area (Å²) in [7, 11) is 1.78. The first-order valence-electron chi connectivity index (χ1n) is 6.49. The molecule has 0 saturated heterocycles. The van der Waals surface area contributed by atoms with Gasteiger partial charge in [-0.1, -0.05) is 6.92 Å². The van der Waals surface area contributed by atoms with Gasteiger partial charge in [0, 0.05) is 13.1 Å². The molecule has 8 heteroatoms. The lowest BCUT2D eigenvalue weighted by Gasteiger charge is -2.28. The Morgan fingerprint density at radius 1 is 1.50 bits per heavy atom. The minimum atomic E-state index is -1.04. The third kappa shape index (κ3) is 3.94. The molecule has 2 atom stereocenters. The number of carboxylic acids is 1. The topological polar surface area (TPSA) is 100 Å². The Morgan fingerprint density at radius 3 is 2.60 bits per heavy atom. The van der Waals surface area contributed by atoms with E-state index in [0.29, 0.717) is 12.2 Å². The summed E-state index contributed by atoms with van der Waals surface area (Å²) in [6.45, 7) is 5.16. The first-order valence-corrected chi connectivity index (χ1v) is 6.49. The molecule has 0 aromatic carbocycles. The molecule has 0 saturated carbocycles. The Kier molecular flexibility index (Phi) is 5.48. The van der Waals surface area contributed by atoms with E-state index in [1.54, 1.807) is 24.9 Å². The van der Waals surface area contributed by atoms with E-state index < -0.39 is 12.0 Å². The highest BCUT2D eigenvalue weighted by Gasteiger charge is 2.24. The van der Waals surface area contributed by atoms with E-state index in [4.69, 9.17) is 5.11 Å². The lowest BCUT2D eigenvalue weighted by atomic mass is 10.2. The lowest BCUT2D eigenvalue weighted by Crippen LogP contribution is -2.48. The molecular weight excluding hydrogens is 262 g/mol. The number of carbonyl (C=O) groups excluding carboxylic acids is 1. The monoisotopic (exact) mass is 283 g/mol. The van der Waals surface area contributed by atoms with Crippen LogP contribution in [-0.4, -0.2) is 49.4 Å². The SMILES string of the molecule is CCC(C)N(CC(=O)O)C(=O)NC(C)c1nncn1C. The summed E-state index contributed by atoms with van der Waals surface area (Å²) in [5.74, 6) is -0.426. The van der Waals surface area contributed by atoms with Gasteiger partial charge in [-0.2, -0.15) is 0 Å². The van der Waals surface area contributed by atoms with Crippen LogP contribution >= 0.6 is 0 Å². The molecule has 1 heterocycles. The van der Waals surface area contributed by atoms with Gasteiger partial charge in [-0.25, -0.2) is 4.79 Å². The van der Waals surface area contributed by atoms with Crippen LogP contribution in [0, 0.1) is 0 Å². The van der Waals surface area contributed by atoms with E-state index in [2.05, 4.69) is 15.5 Å². The molecule has 0 aliphatic heterocycles. The summed E-state index contributed by atoms with van der Waals surface area (Å²) in [5, 5.41) is 19.3. The molecule has 0 bridgehead atoms. The standard InChI is InChI=1S/C12H21N5O3/c1-5-8(2)17(6-10(18)19)12(20)14-9(3)11-15-13-7-16(11)4/h7-9H,5-6H2,1-4H3,(H,14,20)(H,18,19). The van der Waals surface area contributed by atoms with Crippen LogP contribution < -0.4 is 5.32 Å². The van der Waals surface area contributed by atoms with Crippen LogP contribution in [0.1, 0.15) is 39.1 Å². The predicted octanol–water partition coefficient (Wildman–Crippen LogP) is 0.771. The van der Waals surface area contributed by atoms with Crippen molar-refractivity contribution in [3.63, 3.8) is 0 Å². The second-order valence-electron chi connectivity index (χ2n) is 4.75. The fourth-order valence-electron chi connectivity index (χ4n) is 1.81. The number of aryl methyl sites for hydroxylation is 1. The fourth-order valence-corrected chi connectivity index (χ4v) is 1.81. The number of nitrogens with one attached hydrogen (secondary N) is 1. The molecule has 8 nitrogen and oxygen atoms in total. The molecule has 1 rings (SSSR count). The summed E-state index contributed by atoms with van der Waals surface area (Å²) in [4.78, 5) is 24.3. The van der Waals surface area contributed by atoms with Crippen molar-refractivity contribution >= 4 is 12.0 Å². The number of nitrogens with zero attached hydrogens (tertiary/aromatic N) is 4. The van der Waals surface area contributed by atoms with Crippen LogP contribution in [0.3, 0.4) is 0 Å². The van der Waals surface area contributed by atoms with Crippen molar-refractivity contribution in [3.05, 3.63) is 12.2 Å². The normalized spacial score (nSPS) is 13.6. The Bertz CT molecular complexity index is 473. The third-order valence-electron chi connectivity index (χ3n) is 3.16. The fraction of sp³-hybridized carbons (Fsp3) is 0.667.